The maximum Gasteiger partial charge on any atom is 0.256 e. The summed E-state index contributed by atoms with van der Waals surface area (Å²) in [4.78, 5) is 28.0. The molecule has 5 nitrogen and oxygen atoms in total. The maximum atomic E-state index is 12.4. The van der Waals surface area contributed by atoms with Gasteiger partial charge >= 0.3 is 0 Å². The highest BCUT2D eigenvalue weighted by molar-refractivity contribution is 5.99. The number of amides is 2. The highest BCUT2D eigenvalue weighted by atomic mass is 16.2. The molecule has 1 aromatic carbocycles. The van der Waals surface area contributed by atoms with E-state index >= 15 is 0 Å². The van der Waals surface area contributed by atoms with Gasteiger partial charge in [-0.2, -0.15) is 0 Å². The van der Waals surface area contributed by atoms with Crippen LogP contribution in [0.4, 0.5) is 5.69 Å². The first-order valence-electron chi connectivity index (χ1n) is 7.09. The molecule has 1 saturated carbocycles. The molecule has 2 amide bonds. The Kier molecular flexibility index (Phi) is 3.34. The van der Waals surface area contributed by atoms with Crippen LogP contribution in [0.3, 0.4) is 0 Å². The molecule has 0 spiro atoms. The van der Waals surface area contributed by atoms with Gasteiger partial charge < -0.3 is 15.5 Å². The van der Waals surface area contributed by atoms with Gasteiger partial charge in [-0.15, -0.1) is 0 Å². The number of nitrogen functional groups attached to an aromatic ring is 1. The summed E-state index contributed by atoms with van der Waals surface area (Å²) in [5, 5.41) is 0. The SMILES string of the molecule is Nc1ccccc1C(=O)N1CCN(C(=O)C2CC2)CC1. The minimum Gasteiger partial charge on any atom is -0.398 e. The van der Waals surface area contributed by atoms with Crippen LogP contribution < -0.4 is 5.73 Å². The Bertz CT molecular complexity index is 532. The standard InChI is InChI=1S/C15H19N3O2/c16-13-4-2-1-3-12(13)15(20)18-9-7-17(8-10-18)14(19)11-5-6-11/h1-4,11H,5-10,16H2. The van der Waals surface area contributed by atoms with Crippen LogP contribution in [0.2, 0.25) is 0 Å². The summed E-state index contributed by atoms with van der Waals surface area (Å²) in [6, 6.07) is 7.12. The third-order valence-electron chi connectivity index (χ3n) is 4.00. The lowest BCUT2D eigenvalue weighted by Crippen LogP contribution is -2.51. The van der Waals surface area contributed by atoms with E-state index in [1.165, 1.54) is 0 Å². The fourth-order valence-corrected chi connectivity index (χ4v) is 2.58. The van der Waals surface area contributed by atoms with Crippen molar-refractivity contribution < 1.29 is 9.59 Å². The number of benzene rings is 1. The number of piperazine rings is 1. The number of nitrogens with two attached hydrogens (primary N) is 1. The maximum absolute atomic E-state index is 12.4. The first-order valence-corrected chi connectivity index (χ1v) is 7.09. The van der Waals surface area contributed by atoms with Crippen molar-refractivity contribution >= 4 is 17.5 Å². The summed E-state index contributed by atoms with van der Waals surface area (Å²) in [5.41, 5.74) is 6.90. The summed E-state index contributed by atoms with van der Waals surface area (Å²) in [6.45, 7) is 2.44. The van der Waals surface area contributed by atoms with E-state index in [1.807, 2.05) is 17.0 Å². The molecule has 1 heterocycles. The van der Waals surface area contributed by atoms with Crippen LogP contribution in [0, 0.1) is 5.92 Å². The predicted octanol–water partition coefficient (Wildman–Crippen LogP) is 0.963. The minimum atomic E-state index is -0.0402. The third kappa shape index (κ3) is 2.48. The van der Waals surface area contributed by atoms with Crippen molar-refractivity contribution in [2.45, 2.75) is 12.8 Å². The first-order chi connectivity index (χ1) is 9.66. The smallest absolute Gasteiger partial charge is 0.256 e. The van der Waals surface area contributed by atoms with Crippen molar-refractivity contribution in [3.63, 3.8) is 0 Å². The number of para-hydroxylation sites is 1. The van der Waals surface area contributed by atoms with Gasteiger partial charge in [0, 0.05) is 37.8 Å². The Hall–Kier alpha value is -2.04. The summed E-state index contributed by atoms with van der Waals surface area (Å²) in [5.74, 6) is 0.472. The quantitative estimate of drug-likeness (QED) is 0.816. The molecule has 0 bridgehead atoms. The predicted molar refractivity (Wildman–Crippen MR) is 76.1 cm³/mol. The molecule has 5 heteroatoms. The summed E-state index contributed by atoms with van der Waals surface area (Å²) in [6.07, 6.45) is 2.05. The number of rotatable bonds is 2. The topological polar surface area (TPSA) is 66.6 Å². The van der Waals surface area contributed by atoms with Gasteiger partial charge in [-0.1, -0.05) is 12.1 Å². The van der Waals surface area contributed by atoms with Gasteiger partial charge in [0.25, 0.3) is 5.91 Å². The Balaban J connectivity index is 1.61. The van der Waals surface area contributed by atoms with Crippen molar-refractivity contribution in [2.24, 2.45) is 5.92 Å². The summed E-state index contributed by atoms with van der Waals surface area (Å²) < 4.78 is 0. The van der Waals surface area contributed by atoms with E-state index < -0.39 is 0 Å². The lowest BCUT2D eigenvalue weighted by atomic mass is 10.1. The van der Waals surface area contributed by atoms with Gasteiger partial charge in [0.1, 0.15) is 0 Å². The second kappa shape index (κ2) is 5.15. The van der Waals surface area contributed by atoms with Crippen LogP contribution in [0.25, 0.3) is 0 Å². The number of hydrogen-bond acceptors (Lipinski definition) is 3. The summed E-state index contributed by atoms with van der Waals surface area (Å²) in [7, 11) is 0. The molecule has 2 fully saturated rings. The van der Waals surface area contributed by atoms with Crippen LogP contribution in [0.1, 0.15) is 23.2 Å². The highest BCUT2D eigenvalue weighted by Crippen LogP contribution is 2.31. The van der Waals surface area contributed by atoms with E-state index in [4.69, 9.17) is 5.73 Å². The highest BCUT2D eigenvalue weighted by Gasteiger charge is 2.35. The lowest BCUT2D eigenvalue weighted by molar-refractivity contribution is -0.134. The second-order valence-corrected chi connectivity index (χ2v) is 5.48. The fraction of sp³-hybridized carbons (Fsp3) is 0.467. The molecular formula is C15H19N3O2. The zero-order valence-electron chi connectivity index (χ0n) is 11.4. The molecular weight excluding hydrogens is 254 g/mol. The van der Waals surface area contributed by atoms with E-state index in [0.717, 1.165) is 12.8 Å². The van der Waals surface area contributed by atoms with Crippen LogP contribution in [0.5, 0.6) is 0 Å². The molecule has 1 saturated heterocycles. The Labute approximate surface area is 118 Å². The first kappa shape index (κ1) is 13.0. The monoisotopic (exact) mass is 273 g/mol. The van der Waals surface area contributed by atoms with E-state index in [2.05, 4.69) is 0 Å². The molecule has 1 aromatic rings. The van der Waals surface area contributed by atoms with Crippen molar-refractivity contribution in [3.05, 3.63) is 29.8 Å². The molecule has 2 N–H and O–H groups in total. The fourth-order valence-electron chi connectivity index (χ4n) is 2.58. The van der Waals surface area contributed by atoms with Gasteiger partial charge in [0.2, 0.25) is 5.91 Å². The molecule has 1 aliphatic carbocycles. The average Bonchev–Trinajstić information content (AvgIpc) is 3.31. The zero-order chi connectivity index (χ0) is 14.1. The molecule has 106 valence electrons. The van der Waals surface area contributed by atoms with Crippen molar-refractivity contribution in [2.75, 3.05) is 31.9 Å². The number of carbonyl (C=O) groups is 2. The molecule has 0 atom stereocenters. The average molecular weight is 273 g/mol. The summed E-state index contributed by atoms with van der Waals surface area (Å²) >= 11 is 0. The molecule has 20 heavy (non-hydrogen) atoms. The third-order valence-corrected chi connectivity index (χ3v) is 4.00. The minimum absolute atomic E-state index is 0.0402. The van der Waals surface area contributed by atoms with Gasteiger partial charge in [0.15, 0.2) is 0 Å². The van der Waals surface area contributed by atoms with Crippen LogP contribution >= 0.6 is 0 Å². The Morgan fingerprint density at radius 2 is 1.60 bits per heavy atom. The molecule has 2 aliphatic rings. The van der Waals surface area contributed by atoms with E-state index in [-0.39, 0.29) is 17.7 Å². The normalized spacial score (nSPS) is 19.0. The van der Waals surface area contributed by atoms with Crippen molar-refractivity contribution in [3.8, 4) is 0 Å². The van der Waals surface area contributed by atoms with Gasteiger partial charge in [-0.05, 0) is 25.0 Å². The lowest BCUT2D eigenvalue weighted by Gasteiger charge is -2.35. The number of anilines is 1. The van der Waals surface area contributed by atoms with E-state index in [9.17, 15) is 9.59 Å². The van der Waals surface area contributed by atoms with Crippen molar-refractivity contribution in [1.82, 2.24) is 9.80 Å². The van der Waals surface area contributed by atoms with Gasteiger partial charge in [-0.25, -0.2) is 0 Å². The van der Waals surface area contributed by atoms with Gasteiger partial charge in [0.05, 0.1) is 5.56 Å². The van der Waals surface area contributed by atoms with E-state index in [1.54, 1.807) is 17.0 Å². The Morgan fingerprint density at radius 3 is 2.20 bits per heavy atom. The molecule has 0 unspecified atom stereocenters. The van der Waals surface area contributed by atoms with E-state index in [0.29, 0.717) is 37.4 Å². The zero-order valence-corrected chi connectivity index (χ0v) is 11.4. The second-order valence-electron chi connectivity index (χ2n) is 5.48. The molecule has 0 radical (unpaired) electrons. The van der Waals surface area contributed by atoms with Crippen LogP contribution in [0.15, 0.2) is 24.3 Å². The number of nitrogens with zero attached hydrogens (tertiary/aromatic N) is 2. The molecule has 1 aliphatic heterocycles. The number of carbonyl (C=O) groups excluding carboxylic acids is 2. The van der Waals surface area contributed by atoms with Crippen LogP contribution in [-0.4, -0.2) is 47.8 Å². The molecule has 3 rings (SSSR count). The molecule has 0 aromatic heterocycles. The van der Waals surface area contributed by atoms with Gasteiger partial charge in [-0.3, -0.25) is 9.59 Å². The largest absolute Gasteiger partial charge is 0.398 e. The Morgan fingerprint density at radius 1 is 1.00 bits per heavy atom. The number of hydrogen-bond donors (Lipinski definition) is 1. The van der Waals surface area contributed by atoms with Crippen LogP contribution in [-0.2, 0) is 4.79 Å². The van der Waals surface area contributed by atoms with Crippen molar-refractivity contribution in [1.29, 1.82) is 0 Å².